The van der Waals surface area contributed by atoms with Crippen molar-refractivity contribution in [3.8, 4) is 5.69 Å². The van der Waals surface area contributed by atoms with Crippen molar-refractivity contribution in [1.82, 2.24) is 14.7 Å². The van der Waals surface area contributed by atoms with Gasteiger partial charge in [0.05, 0.1) is 23.2 Å². The maximum atomic E-state index is 13.2. The molecule has 2 aromatic carbocycles. The first-order valence-corrected chi connectivity index (χ1v) is 13.8. The van der Waals surface area contributed by atoms with Gasteiger partial charge in [0.2, 0.25) is 0 Å². The van der Waals surface area contributed by atoms with Crippen LogP contribution in [0.5, 0.6) is 0 Å². The number of para-hydroxylation sites is 1. The minimum absolute atomic E-state index is 0.0189. The van der Waals surface area contributed by atoms with Gasteiger partial charge in [-0.25, -0.2) is 9.48 Å². The van der Waals surface area contributed by atoms with E-state index in [-0.39, 0.29) is 17.4 Å². The molecule has 3 heterocycles. The average molecular weight is 540 g/mol. The van der Waals surface area contributed by atoms with Gasteiger partial charge in [0.25, 0.3) is 5.91 Å². The van der Waals surface area contributed by atoms with Crippen molar-refractivity contribution < 1.29 is 14.0 Å². The molecule has 0 unspecified atom stereocenters. The van der Waals surface area contributed by atoms with E-state index in [9.17, 15) is 9.59 Å². The van der Waals surface area contributed by atoms with Crippen LogP contribution in [0.1, 0.15) is 60.8 Å². The molecule has 0 saturated carbocycles. The average Bonchev–Trinajstić information content (AvgIpc) is 3.61. The highest BCUT2D eigenvalue weighted by Crippen LogP contribution is 2.28. The first kappa shape index (κ1) is 27.2. The highest BCUT2D eigenvalue weighted by molar-refractivity contribution is 6.00. The Kier molecular flexibility index (Phi) is 7.78. The molecular formula is C32H37N5O3. The van der Waals surface area contributed by atoms with Crippen LogP contribution in [0.3, 0.4) is 0 Å². The largest absolute Gasteiger partial charge is 0.472 e. The monoisotopic (exact) mass is 539 g/mol. The second-order valence-electron chi connectivity index (χ2n) is 11.6. The van der Waals surface area contributed by atoms with Crippen LogP contribution in [0.2, 0.25) is 0 Å². The SMILES string of the molecule is Cc1ccc(-n2nc(C(C)(C)C)cc2NC(=O)Nc2ccccc2CC2CCN(C(=O)c3ccoc3)CC2)cc1. The van der Waals surface area contributed by atoms with Gasteiger partial charge >= 0.3 is 6.03 Å². The van der Waals surface area contributed by atoms with E-state index in [0.717, 1.165) is 47.5 Å². The lowest BCUT2D eigenvalue weighted by Crippen LogP contribution is -2.38. The maximum absolute atomic E-state index is 13.2. The van der Waals surface area contributed by atoms with E-state index in [1.54, 1.807) is 10.7 Å². The molecule has 3 amide bonds. The Hall–Kier alpha value is -4.33. The van der Waals surface area contributed by atoms with Crippen LogP contribution in [0.15, 0.2) is 77.6 Å². The molecule has 1 aliphatic heterocycles. The van der Waals surface area contributed by atoms with E-state index in [4.69, 9.17) is 9.52 Å². The Bertz CT molecular complexity index is 1460. The molecule has 8 nitrogen and oxygen atoms in total. The van der Waals surface area contributed by atoms with Gasteiger partial charge in [-0.15, -0.1) is 0 Å². The number of anilines is 2. The van der Waals surface area contributed by atoms with Gasteiger partial charge in [-0.05, 0) is 61.9 Å². The molecule has 2 N–H and O–H groups in total. The fourth-order valence-corrected chi connectivity index (χ4v) is 5.03. The molecule has 4 aromatic rings. The van der Waals surface area contributed by atoms with E-state index >= 15 is 0 Å². The summed E-state index contributed by atoms with van der Waals surface area (Å²) in [6.07, 6.45) is 5.68. The number of urea groups is 1. The number of likely N-dealkylation sites (tertiary alicyclic amines) is 1. The number of amides is 3. The number of furan rings is 1. The molecular weight excluding hydrogens is 502 g/mol. The number of rotatable bonds is 6. The number of carbonyl (C=O) groups excluding carboxylic acids is 2. The minimum atomic E-state index is -0.318. The van der Waals surface area contributed by atoms with Crippen molar-refractivity contribution >= 4 is 23.4 Å². The lowest BCUT2D eigenvalue weighted by atomic mass is 9.89. The summed E-state index contributed by atoms with van der Waals surface area (Å²) in [5.41, 5.74) is 5.22. The Labute approximate surface area is 235 Å². The Morgan fingerprint density at radius 3 is 2.40 bits per heavy atom. The number of piperidine rings is 1. The second-order valence-corrected chi connectivity index (χ2v) is 11.6. The summed E-state index contributed by atoms with van der Waals surface area (Å²) in [4.78, 5) is 27.8. The number of hydrogen-bond acceptors (Lipinski definition) is 4. The fraction of sp³-hybridized carbons (Fsp3) is 0.344. The number of carbonyl (C=O) groups is 2. The van der Waals surface area contributed by atoms with Crippen molar-refractivity contribution in [2.24, 2.45) is 5.92 Å². The highest BCUT2D eigenvalue weighted by Gasteiger charge is 2.25. The molecule has 0 atom stereocenters. The van der Waals surface area contributed by atoms with Crippen LogP contribution >= 0.6 is 0 Å². The minimum Gasteiger partial charge on any atom is -0.472 e. The summed E-state index contributed by atoms with van der Waals surface area (Å²) in [7, 11) is 0. The molecule has 0 bridgehead atoms. The van der Waals surface area contributed by atoms with Gasteiger partial charge in [-0.2, -0.15) is 5.10 Å². The van der Waals surface area contributed by atoms with Crippen LogP contribution in [-0.2, 0) is 11.8 Å². The molecule has 0 radical (unpaired) electrons. The van der Waals surface area contributed by atoms with Crippen molar-refractivity contribution in [2.75, 3.05) is 23.7 Å². The number of aromatic nitrogens is 2. The van der Waals surface area contributed by atoms with E-state index < -0.39 is 0 Å². The fourth-order valence-electron chi connectivity index (χ4n) is 5.03. The lowest BCUT2D eigenvalue weighted by molar-refractivity contribution is 0.0690. The van der Waals surface area contributed by atoms with Crippen LogP contribution < -0.4 is 10.6 Å². The Morgan fingerprint density at radius 2 is 1.73 bits per heavy atom. The number of hydrogen-bond donors (Lipinski definition) is 2. The van der Waals surface area contributed by atoms with Gasteiger partial charge in [0, 0.05) is 30.3 Å². The van der Waals surface area contributed by atoms with E-state index in [2.05, 4.69) is 37.5 Å². The molecule has 1 fully saturated rings. The van der Waals surface area contributed by atoms with Gasteiger partial charge < -0.3 is 14.6 Å². The predicted octanol–water partition coefficient (Wildman–Crippen LogP) is 6.81. The van der Waals surface area contributed by atoms with Crippen molar-refractivity contribution in [2.45, 2.75) is 52.4 Å². The standard InChI is InChI=1S/C32H37N5O3/c1-22-9-11-26(12-10-22)37-29(20-28(35-37)32(2,3)4)34-31(39)33-27-8-6-5-7-24(27)19-23-13-16-36(17-14-23)30(38)25-15-18-40-21-25/h5-12,15,18,20-21,23H,13-14,16-17,19H2,1-4H3,(H2,33,34,39). The summed E-state index contributed by atoms with van der Waals surface area (Å²) in [5.74, 6) is 1.06. The summed E-state index contributed by atoms with van der Waals surface area (Å²) in [5, 5.41) is 10.9. The maximum Gasteiger partial charge on any atom is 0.324 e. The zero-order valence-electron chi connectivity index (χ0n) is 23.6. The quantitative estimate of drug-likeness (QED) is 0.282. The molecule has 8 heteroatoms. The molecule has 40 heavy (non-hydrogen) atoms. The van der Waals surface area contributed by atoms with Crippen LogP contribution in [0, 0.1) is 12.8 Å². The van der Waals surface area contributed by atoms with Crippen molar-refractivity contribution in [1.29, 1.82) is 0 Å². The summed E-state index contributed by atoms with van der Waals surface area (Å²) in [6.45, 7) is 9.78. The van der Waals surface area contributed by atoms with Crippen molar-refractivity contribution in [3.05, 3.63) is 95.6 Å². The molecule has 0 spiro atoms. The molecule has 5 rings (SSSR count). The number of benzene rings is 2. The Morgan fingerprint density at radius 1 is 1.00 bits per heavy atom. The van der Waals surface area contributed by atoms with Crippen LogP contribution in [0.4, 0.5) is 16.3 Å². The van der Waals surface area contributed by atoms with Crippen LogP contribution in [0.25, 0.3) is 5.69 Å². The predicted molar refractivity (Wildman–Crippen MR) is 157 cm³/mol. The number of aryl methyl sites for hydroxylation is 1. The highest BCUT2D eigenvalue weighted by atomic mass is 16.3. The van der Waals surface area contributed by atoms with E-state index in [1.807, 2.05) is 60.4 Å². The number of nitrogens with one attached hydrogen (secondary N) is 2. The number of nitrogens with zero attached hydrogens (tertiary/aromatic N) is 3. The zero-order valence-corrected chi connectivity index (χ0v) is 23.6. The third-order valence-electron chi connectivity index (χ3n) is 7.44. The molecule has 2 aromatic heterocycles. The summed E-state index contributed by atoms with van der Waals surface area (Å²) >= 11 is 0. The summed E-state index contributed by atoms with van der Waals surface area (Å²) in [6, 6.07) is 19.3. The van der Waals surface area contributed by atoms with E-state index in [0.29, 0.717) is 30.4 Å². The topological polar surface area (TPSA) is 92.4 Å². The smallest absolute Gasteiger partial charge is 0.324 e. The first-order chi connectivity index (χ1) is 19.2. The molecule has 0 aliphatic carbocycles. The van der Waals surface area contributed by atoms with Crippen LogP contribution in [-0.4, -0.2) is 39.7 Å². The van der Waals surface area contributed by atoms with E-state index in [1.165, 1.54) is 12.5 Å². The Balaban J connectivity index is 1.25. The van der Waals surface area contributed by atoms with Gasteiger partial charge in [-0.1, -0.05) is 56.7 Å². The third-order valence-corrected chi connectivity index (χ3v) is 7.44. The third kappa shape index (κ3) is 6.28. The van der Waals surface area contributed by atoms with Gasteiger partial charge in [-0.3, -0.25) is 10.1 Å². The first-order valence-electron chi connectivity index (χ1n) is 13.8. The molecule has 1 aliphatic rings. The van der Waals surface area contributed by atoms with Gasteiger partial charge in [0.15, 0.2) is 0 Å². The van der Waals surface area contributed by atoms with Gasteiger partial charge in [0.1, 0.15) is 12.1 Å². The normalized spacial score (nSPS) is 14.2. The zero-order chi connectivity index (χ0) is 28.3. The second kappa shape index (κ2) is 11.4. The summed E-state index contributed by atoms with van der Waals surface area (Å²) < 4.78 is 6.85. The molecule has 1 saturated heterocycles. The van der Waals surface area contributed by atoms with Crippen molar-refractivity contribution in [3.63, 3.8) is 0 Å². The molecule has 208 valence electrons. The lowest BCUT2D eigenvalue weighted by Gasteiger charge is -2.32.